The summed E-state index contributed by atoms with van der Waals surface area (Å²) in [6.45, 7) is 7.40. The lowest BCUT2D eigenvalue weighted by Gasteiger charge is -2.08. The lowest BCUT2D eigenvalue weighted by atomic mass is 10.1. The summed E-state index contributed by atoms with van der Waals surface area (Å²) in [5.74, 6) is 0.824. The van der Waals surface area contributed by atoms with E-state index < -0.39 is 0 Å². The Hall–Kier alpha value is -1.71. The van der Waals surface area contributed by atoms with Crippen LogP contribution in [-0.4, -0.2) is 20.1 Å². The molecule has 0 saturated heterocycles. The summed E-state index contributed by atoms with van der Waals surface area (Å²) in [6.07, 6.45) is 0. The second kappa shape index (κ2) is 3.15. The van der Waals surface area contributed by atoms with Crippen molar-refractivity contribution in [2.45, 2.75) is 27.7 Å². The van der Waals surface area contributed by atoms with Crippen molar-refractivity contribution in [3.8, 4) is 5.75 Å². The van der Waals surface area contributed by atoms with Gasteiger partial charge in [-0.1, -0.05) is 0 Å². The van der Waals surface area contributed by atoms with Crippen LogP contribution in [0, 0.1) is 27.7 Å². The zero-order valence-corrected chi connectivity index (χ0v) is 9.29. The molecule has 0 spiro atoms. The van der Waals surface area contributed by atoms with Crippen LogP contribution in [0.25, 0.3) is 10.9 Å². The molecular formula is C11H13N3O. The number of rotatable bonds is 0. The van der Waals surface area contributed by atoms with Crippen molar-refractivity contribution in [1.82, 2.24) is 15.0 Å². The summed E-state index contributed by atoms with van der Waals surface area (Å²) < 4.78 is 0. The molecule has 0 aliphatic heterocycles. The number of fused-ring (bicyclic) bond motifs is 1. The number of aromatic nitrogens is 3. The Morgan fingerprint density at radius 2 is 1.40 bits per heavy atom. The van der Waals surface area contributed by atoms with Crippen LogP contribution in [0.4, 0.5) is 0 Å². The first-order chi connectivity index (χ1) is 7.00. The maximum Gasteiger partial charge on any atom is 0.163 e. The molecule has 2 aromatic rings. The van der Waals surface area contributed by atoms with Crippen molar-refractivity contribution >= 4 is 10.9 Å². The Morgan fingerprint density at radius 3 is 2.07 bits per heavy atom. The third kappa shape index (κ3) is 1.42. The van der Waals surface area contributed by atoms with E-state index in [1.807, 2.05) is 20.8 Å². The molecule has 0 aliphatic rings. The van der Waals surface area contributed by atoms with Crippen LogP contribution in [0.3, 0.4) is 0 Å². The van der Waals surface area contributed by atoms with Gasteiger partial charge in [-0.3, -0.25) is 4.98 Å². The third-order valence-corrected chi connectivity index (χ3v) is 2.47. The zero-order valence-electron chi connectivity index (χ0n) is 9.29. The van der Waals surface area contributed by atoms with Crippen molar-refractivity contribution < 1.29 is 5.11 Å². The van der Waals surface area contributed by atoms with E-state index in [1.165, 1.54) is 0 Å². The van der Waals surface area contributed by atoms with Crippen molar-refractivity contribution in [2.75, 3.05) is 0 Å². The minimum Gasteiger partial charge on any atom is -0.504 e. The fraction of sp³-hybridized carbons (Fsp3) is 0.364. The van der Waals surface area contributed by atoms with Crippen LogP contribution in [-0.2, 0) is 0 Å². The van der Waals surface area contributed by atoms with Gasteiger partial charge in [0.15, 0.2) is 5.75 Å². The SMILES string of the molecule is Cc1nc(C)c2c(C)nc(C)c(O)c2n1. The summed E-state index contributed by atoms with van der Waals surface area (Å²) in [7, 11) is 0. The van der Waals surface area contributed by atoms with E-state index >= 15 is 0 Å². The summed E-state index contributed by atoms with van der Waals surface area (Å²) in [5.41, 5.74) is 2.93. The number of hydrogen-bond acceptors (Lipinski definition) is 4. The average molecular weight is 203 g/mol. The predicted molar refractivity (Wildman–Crippen MR) is 57.9 cm³/mol. The summed E-state index contributed by atoms with van der Waals surface area (Å²) in [4.78, 5) is 12.8. The minimum atomic E-state index is 0.157. The van der Waals surface area contributed by atoms with E-state index in [0.717, 1.165) is 16.8 Å². The highest BCUT2D eigenvalue weighted by molar-refractivity contribution is 5.88. The van der Waals surface area contributed by atoms with Gasteiger partial charge in [0.2, 0.25) is 0 Å². The molecule has 0 fully saturated rings. The second-order valence-corrected chi connectivity index (χ2v) is 3.71. The molecule has 0 amide bonds. The number of nitrogens with zero attached hydrogens (tertiary/aromatic N) is 3. The first-order valence-electron chi connectivity index (χ1n) is 4.82. The molecule has 2 aromatic heterocycles. The summed E-state index contributed by atoms with van der Waals surface area (Å²) in [5, 5.41) is 10.7. The normalized spacial score (nSPS) is 10.9. The van der Waals surface area contributed by atoms with E-state index in [0.29, 0.717) is 17.0 Å². The van der Waals surface area contributed by atoms with Crippen molar-refractivity contribution in [3.05, 3.63) is 22.9 Å². The van der Waals surface area contributed by atoms with Gasteiger partial charge in [-0.25, -0.2) is 9.97 Å². The van der Waals surface area contributed by atoms with Gasteiger partial charge < -0.3 is 5.11 Å². The van der Waals surface area contributed by atoms with Crippen molar-refractivity contribution in [3.63, 3.8) is 0 Å². The van der Waals surface area contributed by atoms with Crippen LogP contribution in [0.5, 0.6) is 5.75 Å². The Kier molecular flexibility index (Phi) is 2.07. The van der Waals surface area contributed by atoms with Crippen LogP contribution < -0.4 is 0 Å². The first kappa shape index (κ1) is 9.83. The molecule has 0 bridgehead atoms. The first-order valence-corrected chi connectivity index (χ1v) is 4.82. The second-order valence-electron chi connectivity index (χ2n) is 3.71. The molecule has 0 radical (unpaired) electrons. The van der Waals surface area contributed by atoms with Gasteiger partial charge in [0.1, 0.15) is 11.3 Å². The molecule has 0 aliphatic carbocycles. The maximum atomic E-state index is 9.88. The Labute approximate surface area is 88.0 Å². The van der Waals surface area contributed by atoms with E-state index in [4.69, 9.17) is 0 Å². The number of hydrogen-bond donors (Lipinski definition) is 1. The van der Waals surface area contributed by atoms with Crippen molar-refractivity contribution in [1.29, 1.82) is 0 Å². The molecule has 2 heterocycles. The molecule has 4 nitrogen and oxygen atoms in total. The maximum absolute atomic E-state index is 9.88. The zero-order chi connectivity index (χ0) is 11.2. The topological polar surface area (TPSA) is 58.9 Å². The molecular weight excluding hydrogens is 190 g/mol. The molecule has 4 heteroatoms. The summed E-state index contributed by atoms with van der Waals surface area (Å²) in [6, 6.07) is 0. The Balaban J connectivity index is 3.02. The molecule has 0 aromatic carbocycles. The average Bonchev–Trinajstić information content (AvgIpc) is 2.12. The molecule has 2 rings (SSSR count). The molecule has 1 N–H and O–H groups in total. The standard InChI is InChI=1S/C11H13N3O/c1-5-9-6(2)13-8(4)14-10(9)11(15)7(3)12-5/h15H,1-4H3. The fourth-order valence-corrected chi connectivity index (χ4v) is 1.85. The van der Waals surface area contributed by atoms with E-state index in [2.05, 4.69) is 15.0 Å². The molecule has 0 saturated carbocycles. The van der Waals surface area contributed by atoms with Gasteiger partial charge in [-0.2, -0.15) is 0 Å². The van der Waals surface area contributed by atoms with Gasteiger partial charge >= 0.3 is 0 Å². The third-order valence-electron chi connectivity index (χ3n) is 2.47. The van der Waals surface area contributed by atoms with Crippen LogP contribution >= 0.6 is 0 Å². The van der Waals surface area contributed by atoms with Gasteiger partial charge in [0, 0.05) is 11.1 Å². The smallest absolute Gasteiger partial charge is 0.163 e. The fourth-order valence-electron chi connectivity index (χ4n) is 1.85. The van der Waals surface area contributed by atoms with Crippen LogP contribution in [0.1, 0.15) is 22.9 Å². The van der Waals surface area contributed by atoms with Gasteiger partial charge in [-0.05, 0) is 27.7 Å². The van der Waals surface area contributed by atoms with E-state index in [9.17, 15) is 5.11 Å². The van der Waals surface area contributed by atoms with Crippen LogP contribution in [0.2, 0.25) is 0 Å². The minimum absolute atomic E-state index is 0.157. The monoisotopic (exact) mass is 203 g/mol. The van der Waals surface area contributed by atoms with Gasteiger partial charge in [-0.15, -0.1) is 0 Å². The number of aryl methyl sites for hydroxylation is 4. The van der Waals surface area contributed by atoms with Gasteiger partial charge in [0.25, 0.3) is 0 Å². The van der Waals surface area contributed by atoms with Gasteiger partial charge in [0.05, 0.1) is 11.4 Å². The van der Waals surface area contributed by atoms with Crippen LogP contribution in [0.15, 0.2) is 0 Å². The highest BCUT2D eigenvalue weighted by atomic mass is 16.3. The largest absolute Gasteiger partial charge is 0.504 e. The highest BCUT2D eigenvalue weighted by Crippen LogP contribution is 2.28. The molecule has 0 atom stereocenters. The van der Waals surface area contributed by atoms with Crippen molar-refractivity contribution in [2.24, 2.45) is 0 Å². The predicted octanol–water partition coefficient (Wildman–Crippen LogP) is 1.96. The molecule has 15 heavy (non-hydrogen) atoms. The lowest BCUT2D eigenvalue weighted by molar-refractivity contribution is 0.472. The molecule has 0 unspecified atom stereocenters. The number of aromatic hydroxyl groups is 1. The molecule has 78 valence electrons. The Morgan fingerprint density at radius 1 is 0.800 bits per heavy atom. The number of pyridine rings is 1. The quantitative estimate of drug-likeness (QED) is 0.711. The van der Waals surface area contributed by atoms with E-state index in [-0.39, 0.29) is 5.75 Å². The highest BCUT2D eigenvalue weighted by Gasteiger charge is 2.12. The Bertz CT molecular complexity index is 541. The summed E-state index contributed by atoms with van der Waals surface area (Å²) >= 11 is 0. The van der Waals surface area contributed by atoms with E-state index in [1.54, 1.807) is 6.92 Å². The lowest BCUT2D eigenvalue weighted by Crippen LogP contribution is -1.99.